The molecule has 0 fully saturated rings. The molecule has 0 bridgehead atoms. The van der Waals surface area contributed by atoms with Gasteiger partial charge in [-0.15, -0.1) is 0 Å². The zero-order valence-electron chi connectivity index (χ0n) is 16.2. The first-order chi connectivity index (χ1) is 13.5. The Hall–Kier alpha value is -3.22. The monoisotopic (exact) mass is 377 g/mol. The first kappa shape index (κ1) is 16.9. The minimum atomic E-state index is -0.287. The van der Waals surface area contributed by atoms with Gasteiger partial charge in [0.05, 0.1) is 24.2 Å². The van der Waals surface area contributed by atoms with Crippen LogP contribution in [0.3, 0.4) is 0 Å². The number of nitrogens with two attached hydrogens (primary N) is 1. The van der Waals surface area contributed by atoms with E-state index in [1.54, 1.807) is 0 Å². The van der Waals surface area contributed by atoms with Crippen molar-refractivity contribution in [1.82, 2.24) is 9.55 Å². The van der Waals surface area contributed by atoms with Crippen molar-refractivity contribution in [2.24, 2.45) is 10.7 Å². The Labute approximate surface area is 163 Å². The van der Waals surface area contributed by atoms with Crippen LogP contribution in [0.25, 0.3) is 11.0 Å². The summed E-state index contributed by atoms with van der Waals surface area (Å²) >= 11 is 0. The van der Waals surface area contributed by atoms with E-state index in [-0.39, 0.29) is 6.17 Å². The Kier molecular flexibility index (Phi) is 3.72. The highest BCUT2D eigenvalue weighted by Gasteiger charge is 2.28. The van der Waals surface area contributed by atoms with Crippen LogP contribution in [-0.4, -0.2) is 28.7 Å². The van der Waals surface area contributed by atoms with Crippen LogP contribution in [0.15, 0.2) is 29.3 Å². The predicted octanol–water partition coefficient (Wildman–Crippen LogP) is 3.41. The molecule has 2 aliphatic heterocycles. The van der Waals surface area contributed by atoms with Crippen LogP contribution in [0.1, 0.15) is 34.8 Å². The van der Waals surface area contributed by atoms with Crippen LogP contribution in [0.5, 0.6) is 11.5 Å². The number of hydrogen-bond donors (Lipinski definition) is 2. The number of rotatable bonds is 1. The third-order valence-electron chi connectivity index (χ3n) is 5.47. The Morgan fingerprint density at radius 3 is 2.50 bits per heavy atom. The Bertz CT molecular complexity index is 1130. The number of nitrogens with zero attached hydrogens (tertiary/aromatic N) is 3. The Morgan fingerprint density at radius 1 is 1.00 bits per heavy atom. The number of anilines is 1. The fourth-order valence-electron chi connectivity index (χ4n) is 3.89. The molecule has 3 aromatic rings. The smallest absolute Gasteiger partial charge is 0.212 e. The number of imidazole rings is 1. The summed E-state index contributed by atoms with van der Waals surface area (Å²) in [6.07, 6.45) is 0.579. The molecular formula is C21H23N5O2. The van der Waals surface area contributed by atoms with Gasteiger partial charge in [-0.1, -0.05) is 12.1 Å². The first-order valence-electron chi connectivity index (χ1n) is 9.51. The van der Waals surface area contributed by atoms with Gasteiger partial charge in [0.1, 0.15) is 0 Å². The Morgan fingerprint density at radius 2 is 1.71 bits per heavy atom. The molecule has 0 amide bonds. The molecule has 1 atom stereocenters. The second-order valence-electron chi connectivity index (χ2n) is 7.45. The topological polar surface area (TPSA) is 86.7 Å². The van der Waals surface area contributed by atoms with Gasteiger partial charge in [0.15, 0.2) is 23.6 Å². The van der Waals surface area contributed by atoms with Gasteiger partial charge in [-0.2, -0.15) is 0 Å². The molecule has 0 saturated heterocycles. The quantitative estimate of drug-likeness (QED) is 0.679. The number of ether oxygens (including phenoxy) is 2. The predicted molar refractivity (Wildman–Crippen MR) is 109 cm³/mol. The van der Waals surface area contributed by atoms with Crippen molar-refractivity contribution in [3.05, 3.63) is 46.5 Å². The largest absolute Gasteiger partial charge is 0.489 e. The second kappa shape index (κ2) is 6.15. The van der Waals surface area contributed by atoms with E-state index in [0.717, 1.165) is 34.5 Å². The molecule has 28 heavy (non-hydrogen) atoms. The van der Waals surface area contributed by atoms with Gasteiger partial charge < -0.3 is 15.2 Å². The number of aromatic nitrogens is 2. The van der Waals surface area contributed by atoms with Gasteiger partial charge in [-0.25, -0.2) is 9.98 Å². The van der Waals surface area contributed by atoms with Crippen LogP contribution >= 0.6 is 0 Å². The molecule has 5 rings (SSSR count). The van der Waals surface area contributed by atoms with Gasteiger partial charge in [-0.05, 0) is 37.5 Å². The number of guanidine groups is 1. The first-order valence-corrected chi connectivity index (χ1v) is 9.51. The number of aryl methyl sites for hydroxylation is 3. The average molecular weight is 377 g/mol. The van der Waals surface area contributed by atoms with Gasteiger partial charge in [0.2, 0.25) is 5.95 Å². The van der Waals surface area contributed by atoms with E-state index >= 15 is 0 Å². The average Bonchev–Trinajstić information content (AvgIpc) is 2.83. The second-order valence-corrected chi connectivity index (χ2v) is 7.45. The maximum absolute atomic E-state index is 6.10. The fraction of sp³-hybridized carbons (Fsp3) is 0.333. The number of aliphatic imine (C=N–C) groups is 1. The van der Waals surface area contributed by atoms with Gasteiger partial charge in [0.25, 0.3) is 0 Å². The lowest BCUT2D eigenvalue weighted by Gasteiger charge is -2.25. The molecular weight excluding hydrogens is 354 g/mol. The standard InChI is InChI=1S/C21H23N5O2/c1-11-7-13(3)14(8-12(11)2)19-24-20(22)25-21-23-15-9-17-18(10-16(15)26(19)21)28-6-4-5-27-17/h7-10,19H,4-6H2,1-3H3,(H3,22,23,24,25)/t19-/m1/s1. The SMILES string of the molecule is Cc1cc(C)c([C@@H]2N=C(N)Nc3nc4cc5c(cc4n32)OCCCO5)cc1C. The fourth-order valence-corrected chi connectivity index (χ4v) is 3.89. The minimum Gasteiger partial charge on any atom is -0.489 e. The van der Waals surface area contributed by atoms with Crippen LogP contribution in [0.2, 0.25) is 0 Å². The van der Waals surface area contributed by atoms with E-state index in [9.17, 15) is 0 Å². The zero-order valence-corrected chi connectivity index (χ0v) is 16.2. The summed E-state index contributed by atoms with van der Waals surface area (Å²) in [6, 6.07) is 8.31. The number of fused-ring (bicyclic) bond motifs is 4. The molecule has 0 saturated carbocycles. The molecule has 144 valence electrons. The van der Waals surface area contributed by atoms with Crippen LogP contribution in [0.4, 0.5) is 5.95 Å². The lowest BCUT2D eigenvalue weighted by molar-refractivity contribution is 0.297. The Balaban J connectivity index is 1.73. The minimum absolute atomic E-state index is 0.287. The van der Waals surface area contributed by atoms with Crippen molar-refractivity contribution in [1.29, 1.82) is 0 Å². The van der Waals surface area contributed by atoms with Crippen LogP contribution in [-0.2, 0) is 0 Å². The summed E-state index contributed by atoms with van der Waals surface area (Å²) in [7, 11) is 0. The maximum Gasteiger partial charge on any atom is 0.212 e. The van der Waals surface area contributed by atoms with E-state index in [2.05, 4.69) is 42.8 Å². The molecule has 0 radical (unpaired) electrons. The highest BCUT2D eigenvalue weighted by atomic mass is 16.5. The molecule has 0 spiro atoms. The summed E-state index contributed by atoms with van der Waals surface area (Å²) in [5, 5.41) is 3.10. The molecule has 3 N–H and O–H groups in total. The normalized spacial score (nSPS) is 18.2. The molecule has 0 unspecified atom stereocenters. The third-order valence-corrected chi connectivity index (χ3v) is 5.47. The van der Waals surface area contributed by atoms with E-state index in [0.29, 0.717) is 25.1 Å². The van der Waals surface area contributed by atoms with Crippen molar-refractivity contribution in [2.45, 2.75) is 33.4 Å². The van der Waals surface area contributed by atoms with E-state index in [1.807, 2.05) is 12.1 Å². The summed E-state index contributed by atoms with van der Waals surface area (Å²) in [5.41, 5.74) is 12.6. The van der Waals surface area contributed by atoms with Gasteiger partial charge in [0, 0.05) is 24.1 Å². The van der Waals surface area contributed by atoms with Crippen molar-refractivity contribution in [2.75, 3.05) is 18.5 Å². The van der Waals surface area contributed by atoms with Crippen LogP contribution in [0, 0.1) is 20.8 Å². The molecule has 2 aromatic carbocycles. The number of benzene rings is 2. The number of nitrogens with one attached hydrogen (secondary N) is 1. The van der Waals surface area contributed by atoms with E-state index in [1.165, 1.54) is 16.7 Å². The molecule has 3 heterocycles. The van der Waals surface area contributed by atoms with E-state index < -0.39 is 0 Å². The van der Waals surface area contributed by atoms with Gasteiger partial charge >= 0.3 is 0 Å². The lowest BCUT2D eigenvalue weighted by Crippen LogP contribution is -2.31. The van der Waals surface area contributed by atoms with Crippen molar-refractivity contribution in [3.8, 4) is 11.5 Å². The molecule has 7 heteroatoms. The summed E-state index contributed by atoms with van der Waals surface area (Å²) < 4.78 is 13.8. The van der Waals surface area contributed by atoms with Crippen molar-refractivity contribution in [3.63, 3.8) is 0 Å². The highest BCUT2D eigenvalue weighted by molar-refractivity contribution is 5.95. The molecule has 2 aliphatic rings. The van der Waals surface area contributed by atoms with Gasteiger partial charge in [-0.3, -0.25) is 9.88 Å². The molecule has 0 aliphatic carbocycles. The van der Waals surface area contributed by atoms with Crippen LogP contribution < -0.4 is 20.5 Å². The maximum atomic E-state index is 6.10. The zero-order chi connectivity index (χ0) is 19.4. The summed E-state index contributed by atoms with van der Waals surface area (Å²) in [6.45, 7) is 7.63. The van der Waals surface area contributed by atoms with E-state index in [4.69, 9.17) is 25.2 Å². The molecule has 7 nitrogen and oxygen atoms in total. The van der Waals surface area contributed by atoms with Crippen molar-refractivity contribution < 1.29 is 9.47 Å². The third kappa shape index (κ3) is 2.58. The van der Waals surface area contributed by atoms with Crippen molar-refractivity contribution >= 4 is 22.9 Å². The number of hydrogen-bond acceptors (Lipinski definition) is 6. The summed E-state index contributed by atoms with van der Waals surface area (Å²) in [4.78, 5) is 9.46. The highest BCUT2D eigenvalue weighted by Crippen LogP contribution is 2.39. The lowest BCUT2D eigenvalue weighted by atomic mass is 9.98. The summed E-state index contributed by atoms with van der Waals surface area (Å²) in [5.74, 6) is 2.50. The molecule has 1 aromatic heterocycles.